The van der Waals surface area contributed by atoms with Crippen molar-refractivity contribution in [3.63, 3.8) is 0 Å². The fourth-order valence-corrected chi connectivity index (χ4v) is 5.44. The molecule has 1 saturated carbocycles. The lowest BCUT2D eigenvalue weighted by atomic mass is 9.94. The SMILES string of the molecule is CN1Cc2nnc(C(=O)NC3CCCCC3)n2CC12CCN(Cc1ccc(F)cc1)C2. The summed E-state index contributed by atoms with van der Waals surface area (Å²) in [4.78, 5) is 17.8. The van der Waals surface area contributed by atoms with E-state index in [1.165, 1.54) is 31.4 Å². The molecule has 1 amide bonds. The molecule has 3 aliphatic rings. The molecule has 7 nitrogen and oxygen atoms in total. The van der Waals surface area contributed by atoms with E-state index in [0.29, 0.717) is 12.4 Å². The molecule has 1 saturated heterocycles. The number of aromatic nitrogens is 3. The molecular weight excluding hydrogens is 395 g/mol. The number of carbonyl (C=O) groups excluding carboxylic acids is 1. The predicted octanol–water partition coefficient (Wildman–Crippen LogP) is 2.57. The van der Waals surface area contributed by atoms with Crippen LogP contribution >= 0.6 is 0 Å². The van der Waals surface area contributed by atoms with E-state index in [0.717, 1.165) is 56.8 Å². The van der Waals surface area contributed by atoms with Gasteiger partial charge in [0.05, 0.1) is 12.1 Å². The summed E-state index contributed by atoms with van der Waals surface area (Å²) in [6.07, 6.45) is 6.75. The molecule has 166 valence electrons. The number of amides is 1. The largest absolute Gasteiger partial charge is 0.347 e. The Hall–Kier alpha value is -2.32. The Balaban J connectivity index is 1.29. The normalized spacial score (nSPS) is 25.1. The molecular formula is C23H31FN6O. The summed E-state index contributed by atoms with van der Waals surface area (Å²) in [6, 6.07) is 7.02. The van der Waals surface area contributed by atoms with Crippen LogP contribution in [0.2, 0.25) is 0 Å². The first-order valence-electron chi connectivity index (χ1n) is 11.4. The summed E-state index contributed by atoms with van der Waals surface area (Å²) in [5, 5.41) is 11.8. The molecule has 2 aliphatic heterocycles. The Morgan fingerprint density at radius 2 is 1.94 bits per heavy atom. The number of hydrogen-bond acceptors (Lipinski definition) is 5. The van der Waals surface area contributed by atoms with Crippen LogP contribution in [0.3, 0.4) is 0 Å². The van der Waals surface area contributed by atoms with Crippen LogP contribution in [0.1, 0.15) is 60.5 Å². The molecule has 1 atom stereocenters. The summed E-state index contributed by atoms with van der Waals surface area (Å²) in [6.45, 7) is 4.10. The monoisotopic (exact) mass is 426 g/mol. The highest BCUT2D eigenvalue weighted by atomic mass is 19.1. The van der Waals surface area contributed by atoms with Gasteiger partial charge in [-0.3, -0.25) is 14.6 Å². The van der Waals surface area contributed by atoms with E-state index < -0.39 is 0 Å². The van der Waals surface area contributed by atoms with Gasteiger partial charge in [-0.1, -0.05) is 31.4 Å². The molecule has 2 fully saturated rings. The van der Waals surface area contributed by atoms with Crippen LogP contribution in [0.25, 0.3) is 0 Å². The average molecular weight is 427 g/mol. The minimum absolute atomic E-state index is 0.0464. The number of rotatable bonds is 4. The van der Waals surface area contributed by atoms with E-state index in [1.54, 1.807) is 0 Å². The molecule has 1 spiro atoms. The van der Waals surface area contributed by atoms with Crippen molar-refractivity contribution in [2.24, 2.45) is 0 Å². The lowest BCUT2D eigenvalue weighted by Gasteiger charge is -2.43. The highest BCUT2D eigenvalue weighted by Crippen LogP contribution is 2.34. The first-order chi connectivity index (χ1) is 15.0. The minimum Gasteiger partial charge on any atom is -0.347 e. The summed E-state index contributed by atoms with van der Waals surface area (Å²) in [5.74, 6) is 1.02. The first kappa shape index (κ1) is 20.6. The van der Waals surface area contributed by atoms with E-state index in [1.807, 2.05) is 16.7 Å². The Morgan fingerprint density at radius 1 is 1.16 bits per heavy atom. The second kappa shape index (κ2) is 8.31. The lowest BCUT2D eigenvalue weighted by molar-refractivity contribution is 0.0646. The average Bonchev–Trinajstić information content (AvgIpc) is 3.36. The third kappa shape index (κ3) is 4.11. The van der Waals surface area contributed by atoms with Crippen LogP contribution in [0.4, 0.5) is 4.39 Å². The van der Waals surface area contributed by atoms with Gasteiger partial charge in [0, 0.05) is 32.2 Å². The molecule has 8 heteroatoms. The van der Waals surface area contributed by atoms with Gasteiger partial charge in [-0.05, 0) is 44.0 Å². The molecule has 1 unspecified atom stereocenters. The zero-order valence-electron chi connectivity index (χ0n) is 18.2. The topological polar surface area (TPSA) is 66.3 Å². The Bertz CT molecular complexity index is 938. The first-order valence-corrected chi connectivity index (χ1v) is 11.4. The van der Waals surface area contributed by atoms with Crippen molar-refractivity contribution in [3.8, 4) is 0 Å². The van der Waals surface area contributed by atoms with Crippen molar-refractivity contribution in [2.75, 3.05) is 20.1 Å². The van der Waals surface area contributed by atoms with Crippen molar-refractivity contribution in [1.82, 2.24) is 29.9 Å². The number of likely N-dealkylation sites (N-methyl/N-ethyl adjacent to an activating group) is 1. The van der Waals surface area contributed by atoms with Crippen LogP contribution in [0.5, 0.6) is 0 Å². The molecule has 31 heavy (non-hydrogen) atoms. The van der Waals surface area contributed by atoms with Crippen LogP contribution < -0.4 is 5.32 Å². The standard InChI is InChI=1S/C23H31FN6O/c1-28-14-20-26-27-21(22(31)25-19-5-3-2-4-6-19)30(20)16-23(28)11-12-29(15-23)13-17-7-9-18(24)10-8-17/h7-10,19H,2-6,11-16H2,1H3,(H,25,31). The smallest absolute Gasteiger partial charge is 0.289 e. The molecule has 5 rings (SSSR count). The molecule has 1 aliphatic carbocycles. The highest BCUT2D eigenvalue weighted by molar-refractivity contribution is 5.91. The maximum atomic E-state index is 13.2. The zero-order valence-corrected chi connectivity index (χ0v) is 18.2. The van der Waals surface area contributed by atoms with Gasteiger partial charge in [-0.25, -0.2) is 4.39 Å². The second-order valence-corrected chi connectivity index (χ2v) is 9.50. The Kier molecular flexibility index (Phi) is 5.52. The minimum atomic E-state index is -0.201. The molecule has 1 aromatic carbocycles. The Labute approximate surface area is 182 Å². The van der Waals surface area contributed by atoms with Gasteiger partial charge in [0.25, 0.3) is 5.91 Å². The lowest BCUT2D eigenvalue weighted by Crippen LogP contribution is -2.55. The van der Waals surface area contributed by atoms with Crippen LogP contribution in [0, 0.1) is 5.82 Å². The summed E-state index contributed by atoms with van der Waals surface area (Å²) >= 11 is 0. The predicted molar refractivity (Wildman–Crippen MR) is 115 cm³/mol. The van der Waals surface area contributed by atoms with Gasteiger partial charge in [0.1, 0.15) is 11.6 Å². The van der Waals surface area contributed by atoms with Crippen LogP contribution in [-0.4, -0.2) is 62.2 Å². The van der Waals surface area contributed by atoms with Crippen LogP contribution in [-0.2, 0) is 19.6 Å². The number of benzene rings is 1. The van der Waals surface area contributed by atoms with Crippen molar-refractivity contribution < 1.29 is 9.18 Å². The summed E-state index contributed by atoms with van der Waals surface area (Å²) in [5.41, 5.74) is 1.07. The molecule has 2 aromatic rings. The van der Waals surface area contributed by atoms with Gasteiger partial charge in [-0.2, -0.15) is 0 Å². The van der Waals surface area contributed by atoms with E-state index >= 15 is 0 Å². The number of carbonyl (C=O) groups is 1. The quantitative estimate of drug-likeness (QED) is 0.814. The fraction of sp³-hybridized carbons (Fsp3) is 0.609. The van der Waals surface area contributed by atoms with Gasteiger partial charge in [0.2, 0.25) is 5.82 Å². The van der Waals surface area contributed by atoms with Gasteiger partial charge in [-0.15, -0.1) is 10.2 Å². The van der Waals surface area contributed by atoms with Gasteiger partial charge in [0.15, 0.2) is 0 Å². The molecule has 0 radical (unpaired) electrons. The second-order valence-electron chi connectivity index (χ2n) is 9.50. The maximum Gasteiger partial charge on any atom is 0.289 e. The maximum absolute atomic E-state index is 13.2. The molecule has 1 aromatic heterocycles. The summed E-state index contributed by atoms with van der Waals surface area (Å²) in [7, 11) is 2.14. The number of fused-ring (bicyclic) bond motifs is 1. The number of hydrogen-bond donors (Lipinski definition) is 1. The van der Waals surface area contributed by atoms with E-state index in [4.69, 9.17) is 0 Å². The van der Waals surface area contributed by atoms with Crippen molar-refractivity contribution in [2.45, 2.75) is 69.7 Å². The third-order valence-corrected chi connectivity index (χ3v) is 7.34. The van der Waals surface area contributed by atoms with Gasteiger partial charge < -0.3 is 9.88 Å². The number of likely N-dealkylation sites (tertiary alicyclic amines) is 1. The zero-order chi connectivity index (χ0) is 21.4. The highest BCUT2D eigenvalue weighted by Gasteiger charge is 2.46. The number of halogens is 1. The van der Waals surface area contributed by atoms with E-state index in [-0.39, 0.29) is 23.3 Å². The molecule has 1 N–H and O–H groups in total. The third-order valence-electron chi connectivity index (χ3n) is 7.34. The van der Waals surface area contributed by atoms with Crippen molar-refractivity contribution in [1.29, 1.82) is 0 Å². The summed E-state index contributed by atoms with van der Waals surface area (Å²) < 4.78 is 15.3. The van der Waals surface area contributed by atoms with E-state index in [9.17, 15) is 9.18 Å². The number of nitrogens with one attached hydrogen (secondary N) is 1. The molecule has 0 bridgehead atoms. The van der Waals surface area contributed by atoms with Crippen molar-refractivity contribution in [3.05, 3.63) is 47.3 Å². The Morgan fingerprint density at radius 3 is 2.71 bits per heavy atom. The molecule has 3 heterocycles. The van der Waals surface area contributed by atoms with E-state index in [2.05, 4.69) is 32.4 Å². The van der Waals surface area contributed by atoms with Gasteiger partial charge >= 0.3 is 0 Å². The number of nitrogens with zero attached hydrogens (tertiary/aromatic N) is 5. The van der Waals surface area contributed by atoms with Crippen LogP contribution in [0.15, 0.2) is 24.3 Å². The fourth-order valence-electron chi connectivity index (χ4n) is 5.44. The van der Waals surface area contributed by atoms with Crippen molar-refractivity contribution >= 4 is 5.91 Å².